The monoisotopic (exact) mass is 328 g/mol. The van der Waals surface area contributed by atoms with Crippen molar-refractivity contribution >= 4 is 21.4 Å². The normalized spacial score (nSPS) is 13.4. The lowest BCUT2D eigenvalue weighted by atomic mass is 10.2. The molecule has 2 aromatic rings. The third-order valence-corrected chi connectivity index (χ3v) is 5.00. The molecule has 2 aromatic carbocycles. The first-order valence-electron chi connectivity index (χ1n) is 6.02. The van der Waals surface area contributed by atoms with Crippen molar-refractivity contribution in [2.45, 2.75) is 10.6 Å². The van der Waals surface area contributed by atoms with E-state index in [0.717, 1.165) is 12.1 Å². The van der Waals surface area contributed by atoms with E-state index < -0.39 is 15.7 Å². The summed E-state index contributed by atoms with van der Waals surface area (Å²) in [4.78, 5) is 0.0534. The van der Waals surface area contributed by atoms with Gasteiger partial charge in [-0.15, -0.1) is 0 Å². The van der Waals surface area contributed by atoms with Crippen molar-refractivity contribution in [2.24, 2.45) is 0 Å². The molecule has 0 saturated heterocycles. The van der Waals surface area contributed by atoms with Gasteiger partial charge in [-0.3, -0.25) is 0 Å². The van der Waals surface area contributed by atoms with Gasteiger partial charge in [-0.1, -0.05) is 11.6 Å². The number of halogens is 2. The second kappa shape index (κ2) is 5.20. The summed E-state index contributed by atoms with van der Waals surface area (Å²) in [6.45, 7) is 0.0587. The second-order valence-electron chi connectivity index (χ2n) is 4.52. The zero-order valence-corrected chi connectivity index (χ0v) is 12.2. The predicted molar refractivity (Wildman–Crippen MR) is 74.9 cm³/mol. The molecule has 0 saturated carbocycles. The Hall–Kier alpha value is -1.79. The van der Waals surface area contributed by atoms with Crippen molar-refractivity contribution < 1.29 is 22.3 Å². The van der Waals surface area contributed by atoms with Gasteiger partial charge < -0.3 is 9.47 Å². The molecule has 21 heavy (non-hydrogen) atoms. The molecule has 1 aliphatic rings. The molecular formula is C14H10ClFO4S. The van der Waals surface area contributed by atoms with Gasteiger partial charge >= 0.3 is 0 Å². The van der Waals surface area contributed by atoms with Gasteiger partial charge in [0.25, 0.3) is 0 Å². The summed E-state index contributed by atoms with van der Waals surface area (Å²) >= 11 is 6.02. The molecular weight excluding hydrogens is 319 g/mol. The van der Waals surface area contributed by atoms with Gasteiger partial charge in [0.15, 0.2) is 21.3 Å². The van der Waals surface area contributed by atoms with Crippen molar-refractivity contribution in [3.05, 3.63) is 52.8 Å². The molecule has 0 fully saturated rings. The van der Waals surface area contributed by atoms with Crippen LogP contribution >= 0.6 is 11.6 Å². The highest BCUT2D eigenvalue weighted by molar-refractivity contribution is 7.90. The van der Waals surface area contributed by atoms with Crippen molar-refractivity contribution in [1.82, 2.24) is 0 Å². The Morgan fingerprint density at radius 1 is 1.14 bits per heavy atom. The molecule has 0 aliphatic carbocycles. The summed E-state index contributed by atoms with van der Waals surface area (Å²) in [7, 11) is -3.59. The number of fused-ring (bicyclic) bond motifs is 1. The standard InChI is InChI=1S/C14H10ClFO4S/c15-12-5-9(6-13-14(12)20-8-19-13)7-21(17,18)11-3-1-10(16)2-4-11/h1-6H,7-8H2. The molecule has 0 bridgehead atoms. The second-order valence-corrected chi connectivity index (χ2v) is 6.92. The molecule has 7 heteroatoms. The maximum atomic E-state index is 12.9. The average molecular weight is 329 g/mol. The Morgan fingerprint density at radius 3 is 2.57 bits per heavy atom. The van der Waals surface area contributed by atoms with Crippen molar-refractivity contribution in [3.8, 4) is 11.5 Å². The lowest BCUT2D eigenvalue weighted by molar-refractivity contribution is 0.174. The van der Waals surface area contributed by atoms with Crippen LogP contribution in [0.25, 0.3) is 0 Å². The summed E-state index contributed by atoms with van der Waals surface area (Å²) in [5.41, 5.74) is 0.480. The van der Waals surface area contributed by atoms with E-state index in [1.807, 2.05) is 0 Å². The molecule has 0 aromatic heterocycles. The SMILES string of the molecule is O=S(=O)(Cc1cc(Cl)c2c(c1)OCO2)c1ccc(F)cc1. The number of benzene rings is 2. The predicted octanol–water partition coefficient (Wildman–Crippen LogP) is 3.18. The Labute approximate surface area is 126 Å². The molecule has 3 rings (SSSR count). The van der Waals surface area contributed by atoms with Gasteiger partial charge in [0.05, 0.1) is 15.7 Å². The van der Waals surface area contributed by atoms with E-state index in [1.165, 1.54) is 18.2 Å². The number of rotatable bonds is 3. The third-order valence-electron chi connectivity index (χ3n) is 3.02. The Bertz CT molecular complexity index is 787. The zero-order chi connectivity index (χ0) is 15.0. The smallest absolute Gasteiger partial charge is 0.231 e. The number of hydrogen-bond donors (Lipinski definition) is 0. The summed E-state index contributed by atoms with van der Waals surface area (Å²) < 4.78 is 47.8. The van der Waals surface area contributed by atoms with Crippen LogP contribution in [0.5, 0.6) is 11.5 Å². The molecule has 0 unspecified atom stereocenters. The van der Waals surface area contributed by atoms with Gasteiger partial charge in [0.1, 0.15) is 5.82 Å². The van der Waals surface area contributed by atoms with Gasteiger partial charge in [0, 0.05) is 0 Å². The van der Waals surface area contributed by atoms with E-state index >= 15 is 0 Å². The Kier molecular flexibility index (Phi) is 3.51. The van der Waals surface area contributed by atoms with E-state index in [9.17, 15) is 12.8 Å². The molecule has 0 amide bonds. The summed E-state index contributed by atoms with van der Waals surface area (Å²) in [5.74, 6) is 0.0983. The van der Waals surface area contributed by atoms with Crippen LogP contribution in [0.1, 0.15) is 5.56 Å². The largest absolute Gasteiger partial charge is 0.454 e. The van der Waals surface area contributed by atoms with E-state index in [4.69, 9.17) is 21.1 Å². The molecule has 0 spiro atoms. The van der Waals surface area contributed by atoms with Crippen molar-refractivity contribution in [3.63, 3.8) is 0 Å². The fourth-order valence-electron chi connectivity index (χ4n) is 2.05. The van der Waals surface area contributed by atoms with Crippen LogP contribution in [0.15, 0.2) is 41.3 Å². The fraction of sp³-hybridized carbons (Fsp3) is 0.143. The summed E-state index contributed by atoms with van der Waals surface area (Å²) in [5, 5.41) is 0.300. The van der Waals surface area contributed by atoms with E-state index in [0.29, 0.717) is 22.1 Å². The molecule has 1 heterocycles. The van der Waals surface area contributed by atoms with Crippen LogP contribution in [0.2, 0.25) is 5.02 Å². The van der Waals surface area contributed by atoms with Crippen LogP contribution in [0, 0.1) is 5.82 Å². The van der Waals surface area contributed by atoms with Gasteiger partial charge in [-0.25, -0.2) is 12.8 Å². The average Bonchev–Trinajstić information content (AvgIpc) is 2.87. The minimum atomic E-state index is -3.59. The molecule has 0 atom stereocenters. The number of ether oxygens (including phenoxy) is 2. The van der Waals surface area contributed by atoms with Crippen molar-refractivity contribution in [1.29, 1.82) is 0 Å². The van der Waals surface area contributed by atoms with E-state index in [1.54, 1.807) is 6.07 Å². The first-order chi connectivity index (χ1) is 9.95. The third kappa shape index (κ3) is 2.82. The molecule has 110 valence electrons. The fourth-order valence-corrected chi connectivity index (χ4v) is 3.66. The molecule has 1 aliphatic heterocycles. The molecule has 0 N–H and O–H groups in total. The Balaban J connectivity index is 1.93. The van der Waals surface area contributed by atoms with Crippen LogP contribution < -0.4 is 9.47 Å². The Morgan fingerprint density at radius 2 is 1.86 bits per heavy atom. The first-order valence-corrected chi connectivity index (χ1v) is 8.05. The van der Waals surface area contributed by atoms with E-state index in [-0.39, 0.29) is 17.4 Å². The number of hydrogen-bond acceptors (Lipinski definition) is 4. The van der Waals surface area contributed by atoms with Crippen LogP contribution in [0.3, 0.4) is 0 Å². The van der Waals surface area contributed by atoms with Crippen molar-refractivity contribution in [2.75, 3.05) is 6.79 Å². The van der Waals surface area contributed by atoms with E-state index in [2.05, 4.69) is 0 Å². The maximum Gasteiger partial charge on any atom is 0.231 e. The summed E-state index contributed by atoms with van der Waals surface area (Å²) in [6.07, 6.45) is 0. The lowest BCUT2D eigenvalue weighted by Gasteiger charge is -2.07. The minimum absolute atomic E-state index is 0.0534. The highest BCUT2D eigenvalue weighted by Gasteiger charge is 2.21. The highest BCUT2D eigenvalue weighted by Crippen LogP contribution is 2.40. The van der Waals surface area contributed by atoms with Crippen LogP contribution in [-0.2, 0) is 15.6 Å². The van der Waals surface area contributed by atoms with Crippen LogP contribution in [-0.4, -0.2) is 15.2 Å². The number of sulfone groups is 1. The molecule has 0 radical (unpaired) electrons. The topological polar surface area (TPSA) is 52.6 Å². The maximum absolute atomic E-state index is 12.9. The van der Waals surface area contributed by atoms with Gasteiger partial charge in [-0.05, 0) is 42.0 Å². The van der Waals surface area contributed by atoms with Crippen LogP contribution in [0.4, 0.5) is 4.39 Å². The first kappa shape index (κ1) is 14.2. The quantitative estimate of drug-likeness (QED) is 0.812. The lowest BCUT2D eigenvalue weighted by Crippen LogP contribution is -2.05. The minimum Gasteiger partial charge on any atom is -0.454 e. The zero-order valence-electron chi connectivity index (χ0n) is 10.7. The molecule has 4 nitrogen and oxygen atoms in total. The van der Waals surface area contributed by atoms with Gasteiger partial charge in [0.2, 0.25) is 6.79 Å². The van der Waals surface area contributed by atoms with Gasteiger partial charge in [-0.2, -0.15) is 0 Å². The summed E-state index contributed by atoms with van der Waals surface area (Å²) in [6, 6.07) is 7.79. The highest BCUT2D eigenvalue weighted by atomic mass is 35.5.